The molecule has 1 aliphatic heterocycles. The van der Waals surface area contributed by atoms with E-state index in [0.29, 0.717) is 36.8 Å². The molecule has 3 aromatic rings. The van der Waals surface area contributed by atoms with Crippen molar-refractivity contribution in [3.05, 3.63) is 59.5 Å². The van der Waals surface area contributed by atoms with Crippen molar-refractivity contribution in [2.75, 3.05) is 18.4 Å². The quantitative estimate of drug-likeness (QED) is 0.657. The molecule has 31 heavy (non-hydrogen) atoms. The molecule has 2 aromatic heterocycles. The van der Waals surface area contributed by atoms with Gasteiger partial charge in [-0.2, -0.15) is 5.26 Å². The van der Waals surface area contributed by atoms with Gasteiger partial charge >= 0.3 is 0 Å². The molecule has 0 aliphatic carbocycles. The van der Waals surface area contributed by atoms with Gasteiger partial charge in [0, 0.05) is 20.0 Å². The van der Waals surface area contributed by atoms with Gasteiger partial charge in [0.2, 0.25) is 5.91 Å². The van der Waals surface area contributed by atoms with Crippen molar-refractivity contribution in [2.45, 2.75) is 32.1 Å². The predicted octanol–water partition coefficient (Wildman–Crippen LogP) is 4.37. The first-order valence-electron chi connectivity index (χ1n) is 10.0. The second-order valence-electron chi connectivity index (χ2n) is 7.63. The average Bonchev–Trinajstić information content (AvgIpc) is 3.40. The minimum absolute atomic E-state index is 0.185. The molecule has 1 fully saturated rings. The second-order valence-corrected chi connectivity index (χ2v) is 8.63. The number of piperidine rings is 1. The molecule has 0 spiro atoms. The summed E-state index contributed by atoms with van der Waals surface area (Å²) in [5.74, 6) is 0.426. The molecule has 2 amide bonds. The van der Waals surface area contributed by atoms with Crippen LogP contribution in [0.3, 0.4) is 0 Å². The summed E-state index contributed by atoms with van der Waals surface area (Å²) >= 11 is 1.30. The van der Waals surface area contributed by atoms with E-state index in [0.717, 1.165) is 16.1 Å². The lowest BCUT2D eigenvalue weighted by atomic mass is 9.74. The maximum absolute atomic E-state index is 13.0. The number of nitriles is 1. The van der Waals surface area contributed by atoms with E-state index in [4.69, 9.17) is 4.42 Å². The van der Waals surface area contributed by atoms with Gasteiger partial charge < -0.3 is 14.6 Å². The number of aromatic nitrogens is 1. The van der Waals surface area contributed by atoms with Gasteiger partial charge in [-0.3, -0.25) is 9.59 Å². The average molecular weight is 435 g/mol. The molecule has 3 heterocycles. The number of furan rings is 1. The van der Waals surface area contributed by atoms with Gasteiger partial charge in [0.05, 0.1) is 22.1 Å². The Bertz CT molecular complexity index is 1150. The number of anilines is 1. The summed E-state index contributed by atoms with van der Waals surface area (Å²) in [6.45, 7) is 4.24. The number of aryl methyl sites for hydroxylation is 1. The highest BCUT2D eigenvalue weighted by Gasteiger charge is 2.38. The number of hydrogen-bond acceptors (Lipinski definition) is 6. The number of benzene rings is 1. The Morgan fingerprint density at radius 2 is 1.90 bits per heavy atom. The molecular formula is C23H22N4O3S. The molecule has 1 N–H and O–H groups in total. The summed E-state index contributed by atoms with van der Waals surface area (Å²) in [5, 5.41) is 13.0. The molecular weight excluding hydrogens is 412 g/mol. The van der Waals surface area contributed by atoms with E-state index < -0.39 is 5.41 Å². The van der Waals surface area contributed by atoms with E-state index in [2.05, 4.69) is 16.4 Å². The Kier molecular flexibility index (Phi) is 5.61. The lowest BCUT2D eigenvalue weighted by Gasteiger charge is -2.37. The zero-order chi connectivity index (χ0) is 22.0. The fourth-order valence-electron chi connectivity index (χ4n) is 3.87. The summed E-state index contributed by atoms with van der Waals surface area (Å²) in [5.41, 5.74) is 1.16. The van der Waals surface area contributed by atoms with Crippen LogP contribution in [0.25, 0.3) is 10.6 Å². The second kappa shape index (κ2) is 8.36. The van der Waals surface area contributed by atoms with Crippen LogP contribution in [0.5, 0.6) is 0 Å². The predicted molar refractivity (Wildman–Crippen MR) is 118 cm³/mol. The third-order valence-electron chi connectivity index (χ3n) is 5.56. The van der Waals surface area contributed by atoms with Gasteiger partial charge in [-0.1, -0.05) is 41.7 Å². The molecule has 0 bridgehead atoms. The normalized spacial score (nSPS) is 15.3. The molecule has 0 atom stereocenters. The van der Waals surface area contributed by atoms with Crippen LogP contribution in [-0.4, -0.2) is 34.8 Å². The minimum Gasteiger partial charge on any atom is -0.450 e. The number of carbonyl (C=O) groups excluding carboxylic acids is 2. The van der Waals surface area contributed by atoms with Crippen LogP contribution in [0.1, 0.15) is 41.6 Å². The third-order valence-corrected chi connectivity index (χ3v) is 6.65. The standard InChI is InChI=1S/C23H22N4O3S/c1-15-20(31-22(25-15)26-16(2)28)18-8-9-19(30-18)21(29)27-12-10-23(14-24,11-13-27)17-6-4-3-5-7-17/h3-9H,10-13H2,1-2H3,(H,25,26,28). The van der Waals surface area contributed by atoms with Gasteiger partial charge in [-0.25, -0.2) is 4.98 Å². The van der Waals surface area contributed by atoms with Crippen molar-refractivity contribution in [3.8, 4) is 16.7 Å². The lowest BCUT2D eigenvalue weighted by Crippen LogP contribution is -2.44. The zero-order valence-corrected chi connectivity index (χ0v) is 18.2. The molecule has 1 aliphatic rings. The van der Waals surface area contributed by atoms with Gasteiger partial charge in [-0.15, -0.1) is 0 Å². The van der Waals surface area contributed by atoms with E-state index in [1.807, 2.05) is 37.3 Å². The Labute approximate surface area is 184 Å². The molecule has 1 saturated heterocycles. The topological polar surface area (TPSA) is 99.2 Å². The Balaban J connectivity index is 1.47. The Hall–Kier alpha value is -3.44. The van der Waals surface area contributed by atoms with Gasteiger partial charge in [-0.05, 0) is 37.5 Å². The Morgan fingerprint density at radius 3 is 2.55 bits per heavy atom. The molecule has 0 saturated carbocycles. The van der Waals surface area contributed by atoms with Crippen molar-refractivity contribution in [3.63, 3.8) is 0 Å². The van der Waals surface area contributed by atoms with E-state index in [1.54, 1.807) is 17.0 Å². The van der Waals surface area contributed by atoms with Crippen molar-refractivity contribution in [1.29, 1.82) is 5.26 Å². The highest BCUT2D eigenvalue weighted by Crippen LogP contribution is 2.37. The van der Waals surface area contributed by atoms with Crippen molar-refractivity contribution >= 4 is 28.3 Å². The number of thiazole rings is 1. The van der Waals surface area contributed by atoms with Crippen molar-refractivity contribution in [2.24, 2.45) is 0 Å². The molecule has 0 radical (unpaired) electrons. The lowest BCUT2D eigenvalue weighted by molar-refractivity contribution is -0.114. The number of nitrogens with one attached hydrogen (secondary N) is 1. The molecule has 4 rings (SSSR count). The minimum atomic E-state index is -0.563. The van der Waals surface area contributed by atoms with E-state index >= 15 is 0 Å². The summed E-state index contributed by atoms with van der Waals surface area (Å²) in [6, 6.07) is 15.7. The van der Waals surface area contributed by atoms with Gasteiger partial charge in [0.25, 0.3) is 5.91 Å². The number of amides is 2. The zero-order valence-electron chi connectivity index (χ0n) is 17.3. The fraction of sp³-hybridized carbons (Fsp3) is 0.304. The van der Waals surface area contributed by atoms with Crippen molar-refractivity contribution in [1.82, 2.24) is 9.88 Å². The fourth-order valence-corrected chi connectivity index (χ4v) is 4.85. The Morgan fingerprint density at radius 1 is 1.19 bits per heavy atom. The van der Waals surface area contributed by atoms with Crippen molar-refractivity contribution < 1.29 is 14.0 Å². The molecule has 8 heteroatoms. The van der Waals surface area contributed by atoms with Crippen LogP contribution in [0.15, 0.2) is 46.9 Å². The number of likely N-dealkylation sites (tertiary alicyclic amines) is 1. The van der Waals surface area contributed by atoms with Crippen LogP contribution in [-0.2, 0) is 10.2 Å². The van der Waals surface area contributed by atoms with E-state index in [9.17, 15) is 14.9 Å². The molecule has 1 aromatic carbocycles. The first-order valence-corrected chi connectivity index (χ1v) is 10.8. The van der Waals surface area contributed by atoms with Crippen LogP contribution in [0.4, 0.5) is 5.13 Å². The van der Waals surface area contributed by atoms with E-state index in [1.165, 1.54) is 18.3 Å². The molecule has 7 nitrogen and oxygen atoms in total. The smallest absolute Gasteiger partial charge is 0.289 e. The maximum Gasteiger partial charge on any atom is 0.289 e. The largest absolute Gasteiger partial charge is 0.450 e. The number of nitrogens with zero attached hydrogens (tertiary/aromatic N) is 3. The van der Waals surface area contributed by atoms with Crippen LogP contribution in [0.2, 0.25) is 0 Å². The molecule has 158 valence electrons. The van der Waals surface area contributed by atoms with Crippen LogP contribution in [0, 0.1) is 18.3 Å². The highest BCUT2D eigenvalue weighted by molar-refractivity contribution is 7.19. The monoisotopic (exact) mass is 434 g/mol. The van der Waals surface area contributed by atoms with Gasteiger partial charge in [0.1, 0.15) is 5.76 Å². The summed E-state index contributed by atoms with van der Waals surface area (Å²) < 4.78 is 5.85. The summed E-state index contributed by atoms with van der Waals surface area (Å²) in [4.78, 5) is 31.1. The summed E-state index contributed by atoms with van der Waals surface area (Å²) in [6.07, 6.45) is 1.17. The summed E-state index contributed by atoms with van der Waals surface area (Å²) in [7, 11) is 0. The first-order chi connectivity index (χ1) is 14.9. The van der Waals surface area contributed by atoms with Crippen LogP contribution >= 0.6 is 11.3 Å². The highest BCUT2D eigenvalue weighted by atomic mass is 32.1. The van der Waals surface area contributed by atoms with E-state index in [-0.39, 0.29) is 17.6 Å². The number of rotatable bonds is 4. The van der Waals surface area contributed by atoms with Gasteiger partial charge in [0.15, 0.2) is 10.9 Å². The SMILES string of the molecule is CC(=O)Nc1nc(C)c(-c2ccc(C(=O)N3CCC(C#N)(c4ccccc4)CC3)o2)s1. The van der Waals surface area contributed by atoms with Crippen LogP contribution < -0.4 is 5.32 Å². The maximum atomic E-state index is 13.0. The number of hydrogen-bond donors (Lipinski definition) is 1. The number of carbonyl (C=O) groups is 2. The third kappa shape index (κ3) is 4.09. The molecule has 0 unspecified atom stereocenters. The first kappa shape index (κ1) is 20.8.